The van der Waals surface area contributed by atoms with Crippen molar-refractivity contribution >= 4 is 50.8 Å². The molecule has 20 heavy (non-hydrogen) atoms. The maximum absolute atomic E-state index is 11.5. The van der Waals surface area contributed by atoms with Gasteiger partial charge in [0.25, 0.3) is 0 Å². The number of rotatable bonds is 4. The van der Waals surface area contributed by atoms with Crippen LogP contribution >= 0.6 is 39.1 Å². The molecule has 3 nitrogen and oxygen atoms in total. The Hall–Kier alpha value is -1.23. The van der Waals surface area contributed by atoms with Crippen molar-refractivity contribution in [3.8, 4) is 0 Å². The van der Waals surface area contributed by atoms with Gasteiger partial charge in [-0.25, -0.2) is 4.79 Å². The molecule has 0 aliphatic rings. The smallest absolute Gasteiger partial charge is 0.330 e. The summed E-state index contributed by atoms with van der Waals surface area (Å²) < 4.78 is 0.844. The highest BCUT2D eigenvalue weighted by Crippen LogP contribution is 2.33. The third-order valence-electron chi connectivity index (χ3n) is 2.67. The molecule has 104 valence electrons. The van der Waals surface area contributed by atoms with Gasteiger partial charge in [-0.1, -0.05) is 51.3 Å². The number of halogens is 3. The Morgan fingerprint density at radius 1 is 1.15 bits per heavy atom. The van der Waals surface area contributed by atoms with E-state index in [0.717, 1.165) is 4.47 Å². The van der Waals surface area contributed by atoms with E-state index >= 15 is 0 Å². The van der Waals surface area contributed by atoms with E-state index < -0.39 is 12.0 Å². The maximum Gasteiger partial charge on any atom is 0.330 e. The highest BCUT2D eigenvalue weighted by molar-refractivity contribution is 9.10. The highest BCUT2D eigenvalue weighted by Gasteiger charge is 2.24. The molecule has 0 amide bonds. The van der Waals surface area contributed by atoms with E-state index in [4.69, 9.17) is 23.2 Å². The van der Waals surface area contributed by atoms with Crippen molar-refractivity contribution in [2.75, 3.05) is 5.32 Å². The molecule has 2 aromatic carbocycles. The summed E-state index contributed by atoms with van der Waals surface area (Å²) in [4.78, 5) is 11.5. The fourth-order valence-corrected chi connectivity index (χ4v) is 2.80. The van der Waals surface area contributed by atoms with E-state index in [1.54, 1.807) is 36.4 Å². The number of carboxylic acids is 1. The molecule has 0 heterocycles. The van der Waals surface area contributed by atoms with E-state index in [2.05, 4.69) is 21.2 Å². The van der Waals surface area contributed by atoms with Crippen LogP contribution < -0.4 is 5.32 Å². The third kappa shape index (κ3) is 3.45. The molecular formula is C14H10BrCl2NO2. The Bertz CT molecular complexity index is 629. The Kier molecular flexibility index (Phi) is 4.91. The number of carbonyl (C=O) groups is 1. The number of hydrogen-bond acceptors (Lipinski definition) is 2. The summed E-state index contributed by atoms with van der Waals surface area (Å²) >= 11 is 15.5. The topological polar surface area (TPSA) is 49.3 Å². The first-order valence-electron chi connectivity index (χ1n) is 5.68. The standard InChI is InChI=1S/C14H10BrCl2NO2/c15-8-3-1-4-9(7-8)18-13(14(19)20)12-10(16)5-2-6-11(12)17/h1-7,13,18H,(H,19,20). The molecule has 0 saturated heterocycles. The molecule has 0 radical (unpaired) electrons. The van der Waals surface area contributed by atoms with Crippen LogP contribution in [0.15, 0.2) is 46.9 Å². The summed E-state index contributed by atoms with van der Waals surface area (Å²) in [5.41, 5.74) is 1.01. The highest BCUT2D eigenvalue weighted by atomic mass is 79.9. The first-order valence-corrected chi connectivity index (χ1v) is 7.23. The molecule has 0 saturated carbocycles. The SMILES string of the molecule is O=C(O)C(Nc1cccc(Br)c1)c1c(Cl)cccc1Cl. The molecule has 2 aromatic rings. The van der Waals surface area contributed by atoms with Gasteiger partial charge in [-0.2, -0.15) is 0 Å². The summed E-state index contributed by atoms with van der Waals surface area (Å²) in [6.07, 6.45) is 0. The van der Waals surface area contributed by atoms with Crippen molar-refractivity contribution in [1.82, 2.24) is 0 Å². The van der Waals surface area contributed by atoms with Gasteiger partial charge in [0.2, 0.25) is 0 Å². The lowest BCUT2D eigenvalue weighted by Gasteiger charge is -2.18. The number of hydrogen-bond donors (Lipinski definition) is 2. The molecule has 0 aromatic heterocycles. The second-order valence-corrected chi connectivity index (χ2v) is 5.79. The van der Waals surface area contributed by atoms with Crippen molar-refractivity contribution in [3.05, 3.63) is 62.5 Å². The van der Waals surface area contributed by atoms with Gasteiger partial charge in [-0.3, -0.25) is 0 Å². The average molecular weight is 375 g/mol. The molecule has 2 rings (SSSR count). The van der Waals surface area contributed by atoms with Gasteiger partial charge in [0, 0.05) is 25.8 Å². The van der Waals surface area contributed by atoms with Crippen LogP contribution in [0.4, 0.5) is 5.69 Å². The fourth-order valence-electron chi connectivity index (χ4n) is 1.79. The predicted molar refractivity (Wildman–Crippen MR) is 84.6 cm³/mol. The van der Waals surface area contributed by atoms with Gasteiger partial charge in [0.05, 0.1) is 0 Å². The monoisotopic (exact) mass is 373 g/mol. The van der Waals surface area contributed by atoms with Gasteiger partial charge in [0.15, 0.2) is 6.04 Å². The van der Waals surface area contributed by atoms with Crippen LogP contribution in [0.25, 0.3) is 0 Å². The molecule has 0 bridgehead atoms. The van der Waals surface area contributed by atoms with E-state index in [9.17, 15) is 9.90 Å². The van der Waals surface area contributed by atoms with Gasteiger partial charge in [-0.05, 0) is 30.3 Å². The summed E-state index contributed by atoms with van der Waals surface area (Å²) in [6, 6.07) is 11.1. The van der Waals surface area contributed by atoms with Crippen LogP contribution in [-0.2, 0) is 4.79 Å². The van der Waals surface area contributed by atoms with Crippen LogP contribution in [-0.4, -0.2) is 11.1 Å². The normalized spacial score (nSPS) is 11.9. The van der Waals surface area contributed by atoms with Crippen molar-refractivity contribution < 1.29 is 9.90 Å². The Balaban J connectivity index is 2.40. The number of anilines is 1. The van der Waals surface area contributed by atoms with Crippen LogP contribution in [0.2, 0.25) is 10.0 Å². The summed E-state index contributed by atoms with van der Waals surface area (Å²) in [5.74, 6) is -1.06. The van der Waals surface area contributed by atoms with E-state index in [0.29, 0.717) is 21.3 Å². The van der Waals surface area contributed by atoms with Crippen molar-refractivity contribution in [1.29, 1.82) is 0 Å². The molecule has 0 aliphatic carbocycles. The molecule has 0 spiro atoms. The van der Waals surface area contributed by atoms with Crippen LogP contribution in [0.1, 0.15) is 11.6 Å². The lowest BCUT2D eigenvalue weighted by Crippen LogP contribution is -2.21. The third-order valence-corrected chi connectivity index (χ3v) is 3.82. The zero-order valence-electron chi connectivity index (χ0n) is 10.1. The van der Waals surface area contributed by atoms with Crippen LogP contribution in [0.3, 0.4) is 0 Å². The molecular weight excluding hydrogens is 365 g/mol. The quantitative estimate of drug-likeness (QED) is 0.792. The molecule has 2 N–H and O–H groups in total. The Morgan fingerprint density at radius 2 is 1.75 bits per heavy atom. The zero-order chi connectivity index (χ0) is 14.7. The van der Waals surface area contributed by atoms with Crippen molar-refractivity contribution in [2.45, 2.75) is 6.04 Å². The molecule has 0 aliphatic heterocycles. The molecule has 1 unspecified atom stereocenters. The lowest BCUT2D eigenvalue weighted by atomic mass is 10.1. The average Bonchev–Trinajstić information content (AvgIpc) is 2.37. The largest absolute Gasteiger partial charge is 0.479 e. The first-order chi connectivity index (χ1) is 9.49. The number of aliphatic carboxylic acids is 1. The van der Waals surface area contributed by atoms with E-state index in [1.165, 1.54) is 0 Å². The predicted octanol–water partition coefficient (Wildman–Crippen LogP) is 4.99. The fraction of sp³-hybridized carbons (Fsp3) is 0.0714. The Labute approximate surface area is 134 Å². The van der Waals surface area contributed by atoms with Crippen LogP contribution in [0, 0.1) is 0 Å². The second kappa shape index (κ2) is 6.48. The molecule has 6 heteroatoms. The molecule has 0 fully saturated rings. The Morgan fingerprint density at radius 3 is 2.30 bits per heavy atom. The zero-order valence-corrected chi connectivity index (χ0v) is 13.2. The van der Waals surface area contributed by atoms with Gasteiger partial charge in [0.1, 0.15) is 0 Å². The number of benzene rings is 2. The van der Waals surface area contributed by atoms with Gasteiger partial charge >= 0.3 is 5.97 Å². The summed E-state index contributed by atoms with van der Waals surface area (Å²) in [6.45, 7) is 0. The molecule has 1 atom stereocenters. The van der Waals surface area contributed by atoms with Crippen molar-refractivity contribution in [3.63, 3.8) is 0 Å². The second-order valence-electron chi connectivity index (χ2n) is 4.06. The van der Waals surface area contributed by atoms with Gasteiger partial charge in [-0.15, -0.1) is 0 Å². The summed E-state index contributed by atoms with van der Waals surface area (Å²) in [5, 5.41) is 13.0. The van der Waals surface area contributed by atoms with E-state index in [-0.39, 0.29) is 0 Å². The van der Waals surface area contributed by atoms with Crippen LogP contribution in [0.5, 0.6) is 0 Å². The lowest BCUT2D eigenvalue weighted by molar-refractivity contribution is -0.138. The minimum absolute atomic E-state index is 0.312. The number of nitrogens with one attached hydrogen (secondary N) is 1. The maximum atomic E-state index is 11.5. The summed E-state index contributed by atoms with van der Waals surface area (Å²) in [7, 11) is 0. The number of carboxylic acid groups (broad SMARTS) is 1. The first kappa shape index (κ1) is 15.2. The minimum Gasteiger partial charge on any atom is -0.479 e. The van der Waals surface area contributed by atoms with Gasteiger partial charge < -0.3 is 10.4 Å². The van der Waals surface area contributed by atoms with E-state index in [1.807, 2.05) is 6.07 Å². The minimum atomic E-state index is -1.06. The van der Waals surface area contributed by atoms with Crippen molar-refractivity contribution in [2.24, 2.45) is 0 Å².